The third-order valence-corrected chi connectivity index (χ3v) is 6.08. The number of hydrogen-bond acceptors (Lipinski definition) is 5. The van der Waals surface area contributed by atoms with Crippen LogP contribution in [0.3, 0.4) is 0 Å². The molecule has 1 aromatic heterocycles. The maximum absolute atomic E-state index is 15.8. The van der Waals surface area contributed by atoms with Crippen LogP contribution >= 0.6 is 0 Å². The fourth-order valence-corrected chi connectivity index (χ4v) is 4.14. The van der Waals surface area contributed by atoms with Crippen LogP contribution in [0.5, 0.6) is 5.75 Å². The Kier molecular flexibility index (Phi) is 7.66. The lowest BCUT2D eigenvalue weighted by Gasteiger charge is -2.19. The van der Waals surface area contributed by atoms with E-state index in [0.717, 1.165) is 15.8 Å². The fourth-order valence-electron chi connectivity index (χ4n) is 4.14. The van der Waals surface area contributed by atoms with E-state index < -0.39 is 24.1 Å². The van der Waals surface area contributed by atoms with E-state index in [-0.39, 0.29) is 36.0 Å². The van der Waals surface area contributed by atoms with E-state index in [1.807, 2.05) is 6.92 Å². The quantitative estimate of drug-likeness (QED) is 0.147. The van der Waals surface area contributed by atoms with Gasteiger partial charge in [0, 0.05) is 11.1 Å². The SMILES string of the molecule is CCc1cc(OCCF)c(F)c(C(Cc2ccc(C(=N)N)cc2)c2nn(-c3ccccc3N)c(=O)[nH]2)c1. The van der Waals surface area contributed by atoms with Crippen molar-refractivity contribution >= 4 is 11.5 Å². The summed E-state index contributed by atoms with van der Waals surface area (Å²) in [5.74, 6) is -1.26. The van der Waals surface area contributed by atoms with Crippen LogP contribution in [-0.2, 0) is 12.8 Å². The largest absolute Gasteiger partial charge is 0.488 e. The molecule has 1 atom stereocenters. The molecule has 0 fully saturated rings. The molecular weight excluding hydrogens is 478 g/mol. The highest BCUT2D eigenvalue weighted by molar-refractivity contribution is 5.94. The van der Waals surface area contributed by atoms with E-state index >= 15 is 4.39 Å². The van der Waals surface area contributed by atoms with E-state index in [2.05, 4.69) is 10.1 Å². The maximum Gasteiger partial charge on any atom is 0.348 e. The summed E-state index contributed by atoms with van der Waals surface area (Å²) in [6.45, 7) is 0.882. The van der Waals surface area contributed by atoms with Crippen molar-refractivity contribution in [2.45, 2.75) is 25.7 Å². The summed E-state index contributed by atoms with van der Waals surface area (Å²) in [5, 5.41) is 12.1. The molecule has 0 aliphatic heterocycles. The summed E-state index contributed by atoms with van der Waals surface area (Å²) >= 11 is 0. The number of nitrogens with two attached hydrogens (primary N) is 2. The lowest BCUT2D eigenvalue weighted by molar-refractivity contribution is 0.261. The number of alkyl halides is 1. The number of rotatable bonds is 10. The van der Waals surface area contributed by atoms with Crippen molar-refractivity contribution in [2.24, 2.45) is 5.73 Å². The highest BCUT2D eigenvalue weighted by Gasteiger charge is 2.26. The van der Waals surface area contributed by atoms with Crippen LogP contribution < -0.4 is 21.9 Å². The number of amidine groups is 1. The first kappa shape index (κ1) is 25.6. The van der Waals surface area contributed by atoms with Gasteiger partial charge in [-0.3, -0.25) is 10.4 Å². The zero-order valence-corrected chi connectivity index (χ0v) is 20.3. The van der Waals surface area contributed by atoms with Crippen LogP contribution in [0.25, 0.3) is 5.69 Å². The Morgan fingerprint density at radius 3 is 2.54 bits per heavy atom. The van der Waals surface area contributed by atoms with Gasteiger partial charge in [0.25, 0.3) is 0 Å². The minimum absolute atomic E-state index is 0.0574. The van der Waals surface area contributed by atoms with Crippen LogP contribution in [0.2, 0.25) is 0 Å². The topological polar surface area (TPSA) is 136 Å². The van der Waals surface area contributed by atoms with Gasteiger partial charge in [-0.15, -0.1) is 5.10 Å². The van der Waals surface area contributed by atoms with Crippen molar-refractivity contribution in [3.63, 3.8) is 0 Å². The maximum atomic E-state index is 15.8. The smallest absolute Gasteiger partial charge is 0.348 e. The number of H-pyrrole nitrogens is 1. The standard InChI is InChI=1S/C27H28F2N6O2/c1-2-16-13-19(24(29)23(15-16)37-12-11-28)20(14-17-7-9-18(10-8-17)25(31)32)26-33-27(36)35(34-26)22-6-4-3-5-21(22)30/h3-10,13,15,20H,2,11-12,14,30H2,1H3,(H3,31,32)(H,33,34,36). The first-order valence-electron chi connectivity index (χ1n) is 11.8. The molecule has 4 rings (SSSR count). The van der Waals surface area contributed by atoms with Gasteiger partial charge in [-0.1, -0.05) is 49.4 Å². The Balaban J connectivity index is 1.85. The van der Waals surface area contributed by atoms with E-state index in [9.17, 15) is 9.18 Å². The van der Waals surface area contributed by atoms with E-state index in [1.54, 1.807) is 60.7 Å². The number of para-hydroxylation sites is 2. The first-order chi connectivity index (χ1) is 17.8. The highest BCUT2D eigenvalue weighted by Crippen LogP contribution is 2.34. The van der Waals surface area contributed by atoms with Gasteiger partial charge < -0.3 is 16.2 Å². The monoisotopic (exact) mass is 506 g/mol. The molecule has 192 valence electrons. The summed E-state index contributed by atoms with van der Waals surface area (Å²) in [6.07, 6.45) is 0.854. The zero-order chi connectivity index (χ0) is 26.5. The lowest BCUT2D eigenvalue weighted by atomic mass is 9.89. The summed E-state index contributed by atoms with van der Waals surface area (Å²) < 4.78 is 35.1. The molecule has 8 nitrogen and oxygen atoms in total. The van der Waals surface area contributed by atoms with Gasteiger partial charge in [0.15, 0.2) is 11.6 Å². The van der Waals surface area contributed by atoms with Crippen molar-refractivity contribution in [2.75, 3.05) is 19.0 Å². The molecule has 0 bridgehead atoms. The Morgan fingerprint density at radius 1 is 1.16 bits per heavy atom. The number of nitrogens with zero attached hydrogens (tertiary/aromatic N) is 2. The number of hydrogen-bond donors (Lipinski definition) is 4. The number of nitrogens with one attached hydrogen (secondary N) is 2. The molecule has 10 heteroatoms. The summed E-state index contributed by atoms with van der Waals surface area (Å²) in [6, 6.07) is 17.0. The molecule has 0 spiro atoms. The second-order valence-corrected chi connectivity index (χ2v) is 8.54. The fraction of sp³-hybridized carbons (Fsp3) is 0.222. The minimum Gasteiger partial charge on any atom is -0.488 e. The molecule has 1 heterocycles. The molecule has 0 aliphatic rings. The molecule has 4 aromatic rings. The van der Waals surface area contributed by atoms with Crippen molar-refractivity contribution in [3.05, 3.63) is 105 Å². The molecule has 0 saturated heterocycles. The Morgan fingerprint density at radius 2 is 1.89 bits per heavy atom. The molecule has 1 unspecified atom stereocenters. The predicted molar refractivity (Wildman–Crippen MR) is 139 cm³/mol. The second-order valence-electron chi connectivity index (χ2n) is 8.54. The lowest BCUT2D eigenvalue weighted by Crippen LogP contribution is -2.17. The number of anilines is 1. The number of aryl methyl sites for hydroxylation is 1. The van der Waals surface area contributed by atoms with Gasteiger partial charge in [-0.2, -0.15) is 4.68 Å². The van der Waals surface area contributed by atoms with Gasteiger partial charge in [-0.05, 0) is 42.2 Å². The summed E-state index contributed by atoms with van der Waals surface area (Å²) in [4.78, 5) is 15.7. The number of benzene rings is 3. The summed E-state index contributed by atoms with van der Waals surface area (Å²) in [7, 11) is 0. The van der Waals surface area contributed by atoms with Crippen molar-refractivity contribution in [1.29, 1.82) is 5.41 Å². The molecule has 0 amide bonds. The number of aromatic amines is 1. The zero-order valence-electron chi connectivity index (χ0n) is 20.3. The number of halogens is 2. The summed E-state index contributed by atoms with van der Waals surface area (Å²) in [5.41, 5.74) is 14.3. The van der Waals surface area contributed by atoms with Gasteiger partial charge in [0.1, 0.15) is 24.9 Å². The molecule has 3 aromatic carbocycles. The van der Waals surface area contributed by atoms with E-state index in [0.29, 0.717) is 23.4 Å². The molecule has 0 radical (unpaired) electrons. The Labute approximate surface area is 212 Å². The number of ether oxygens (including phenoxy) is 1. The molecule has 6 N–H and O–H groups in total. The van der Waals surface area contributed by atoms with E-state index in [4.69, 9.17) is 21.6 Å². The van der Waals surface area contributed by atoms with Gasteiger partial charge in [0.2, 0.25) is 0 Å². The van der Waals surface area contributed by atoms with Gasteiger partial charge in [0.05, 0.1) is 17.3 Å². The Hall–Kier alpha value is -4.47. The predicted octanol–water partition coefficient (Wildman–Crippen LogP) is 3.85. The van der Waals surface area contributed by atoms with Crippen LogP contribution in [0.4, 0.5) is 14.5 Å². The van der Waals surface area contributed by atoms with E-state index in [1.165, 1.54) is 0 Å². The third-order valence-electron chi connectivity index (χ3n) is 6.08. The molecular formula is C27H28F2N6O2. The normalized spacial score (nSPS) is 11.9. The van der Waals surface area contributed by atoms with Crippen molar-refractivity contribution in [1.82, 2.24) is 14.8 Å². The molecule has 0 aliphatic carbocycles. The van der Waals surface area contributed by atoms with Crippen LogP contribution in [0, 0.1) is 11.2 Å². The van der Waals surface area contributed by atoms with Crippen LogP contribution in [0.1, 0.15) is 40.9 Å². The van der Waals surface area contributed by atoms with Crippen molar-refractivity contribution < 1.29 is 13.5 Å². The van der Waals surface area contributed by atoms with Crippen molar-refractivity contribution in [3.8, 4) is 11.4 Å². The van der Waals surface area contributed by atoms with Gasteiger partial charge in [-0.25, -0.2) is 13.6 Å². The van der Waals surface area contributed by atoms with Crippen LogP contribution in [-0.4, -0.2) is 33.9 Å². The number of aromatic nitrogens is 3. The Bertz CT molecular complexity index is 1460. The van der Waals surface area contributed by atoms with Crippen LogP contribution in [0.15, 0.2) is 65.5 Å². The molecule has 37 heavy (non-hydrogen) atoms. The average Bonchev–Trinajstić information content (AvgIpc) is 3.28. The minimum atomic E-state index is -0.757. The average molecular weight is 507 g/mol. The van der Waals surface area contributed by atoms with Gasteiger partial charge >= 0.3 is 5.69 Å². The second kappa shape index (κ2) is 11.1. The first-order valence-corrected chi connectivity index (χ1v) is 11.8. The number of nitrogen functional groups attached to an aromatic ring is 2. The third kappa shape index (κ3) is 5.53. The molecule has 0 saturated carbocycles. The highest BCUT2D eigenvalue weighted by atomic mass is 19.1.